The fourth-order valence-electron chi connectivity index (χ4n) is 3.55. The van der Waals surface area contributed by atoms with Crippen LogP contribution in [0, 0.1) is 6.92 Å². The van der Waals surface area contributed by atoms with E-state index in [2.05, 4.69) is 10.4 Å². The lowest BCUT2D eigenvalue weighted by molar-refractivity contribution is 0.304. The number of hydrogen-bond acceptors (Lipinski definition) is 6. The van der Waals surface area contributed by atoms with Crippen molar-refractivity contribution in [1.29, 1.82) is 0 Å². The van der Waals surface area contributed by atoms with Gasteiger partial charge in [-0.15, -0.1) is 0 Å². The van der Waals surface area contributed by atoms with Gasteiger partial charge in [-0.3, -0.25) is 0 Å². The number of hydrogen-bond donors (Lipinski definition) is 0. The Morgan fingerprint density at radius 3 is 2.34 bits per heavy atom. The van der Waals surface area contributed by atoms with Crippen LogP contribution in [0.4, 0.5) is 0 Å². The summed E-state index contributed by atoms with van der Waals surface area (Å²) in [6, 6.07) is 19.1. The van der Waals surface area contributed by atoms with Gasteiger partial charge in [-0.2, -0.15) is 9.36 Å². The minimum atomic E-state index is -0.320. The van der Waals surface area contributed by atoms with E-state index in [-0.39, 0.29) is 12.3 Å². The number of benzene rings is 3. The van der Waals surface area contributed by atoms with E-state index in [0.29, 0.717) is 17.2 Å². The van der Waals surface area contributed by atoms with Gasteiger partial charge in [0.05, 0.1) is 19.9 Å². The Kier molecular flexibility index (Phi) is 5.93. The van der Waals surface area contributed by atoms with Crippen molar-refractivity contribution in [2.45, 2.75) is 13.5 Å². The molecule has 0 fully saturated rings. The van der Waals surface area contributed by atoms with Gasteiger partial charge in [-0.25, -0.2) is 4.79 Å². The predicted molar refractivity (Wildman–Crippen MR) is 121 cm³/mol. The molecule has 4 aromatic rings. The van der Waals surface area contributed by atoms with E-state index in [0.717, 1.165) is 28.0 Å². The Labute approximate surface area is 185 Å². The lowest BCUT2D eigenvalue weighted by Crippen LogP contribution is -2.23. The lowest BCUT2D eigenvalue weighted by Gasteiger charge is -2.16. The summed E-state index contributed by atoms with van der Waals surface area (Å²) in [4.78, 5) is 12.4. The largest absolute Gasteiger partial charge is 0.496 e. The van der Waals surface area contributed by atoms with Crippen LogP contribution < -0.4 is 19.9 Å². The molecule has 0 amide bonds. The van der Waals surface area contributed by atoms with Crippen LogP contribution in [0.15, 0.2) is 65.5 Å². The van der Waals surface area contributed by atoms with Gasteiger partial charge in [-0.05, 0) is 53.2 Å². The van der Waals surface area contributed by atoms with Crippen LogP contribution >= 0.6 is 0 Å². The second-order valence-electron chi connectivity index (χ2n) is 7.22. The summed E-state index contributed by atoms with van der Waals surface area (Å²) >= 11 is 0. The molecular weight excluding hydrogens is 408 g/mol. The molecule has 0 aliphatic carbocycles. The van der Waals surface area contributed by atoms with Crippen LogP contribution in [0.2, 0.25) is 0 Å². The van der Waals surface area contributed by atoms with Gasteiger partial charge in [-0.1, -0.05) is 30.3 Å². The summed E-state index contributed by atoms with van der Waals surface area (Å²) in [6.07, 6.45) is 0. The van der Waals surface area contributed by atoms with Crippen LogP contribution in [0.3, 0.4) is 0 Å². The third-order valence-corrected chi connectivity index (χ3v) is 5.29. The van der Waals surface area contributed by atoms with Gasteiger partial charge < -0.3 is 14.2 Å². The molecule has 1 aromatic heterocycles. The molecule has 8 heteroatoms. The first-order chi connectivity index (χ1) is 15.5. The molecule has 0 radical (unpaired) electrons. The number of aryl methyl sites for hydroxylation is 2. The van der Waals surface area contributed by atoms with E-state index < -0.39 is 0 Å². The van der Waals surface area contributed by atoms with Crippen LogP contribution in [-0.4, -0.2) is 34.0 Å². The van der Waals surface area contributed by atoms with Crippen LogP contribution in [0.25, 0.3) is 16.8 Å². The number of nitrogens with zero attached hydrogens (tertiary/aromatic N) is 4. The normalized spacial score (nSPS) is 10.8. The zero-order valence-corrected chi connectivity index (χ0v) is 18.4. The SMILES string of the molecule is COc1ccccc1-c1cc(OCc2c(C)cccc2-n2nnn(C)c2=O)ccc1OC. The first-order valence-corrected chi connectivity index (χ1v) is 10.1. The summed E-state index contributed by atoms with van der Waals surface area (Å²) in [5.74, 6) is 2.11. The molecule has 4 rings (SSSR count). The van der Waals surface area contributed by atoms with E-state index >= 15 is 0 Å². The van der Waals surface area contributed by atoms with E-state index in [1.165, 1.54) is 9.36 Å². The van der Waals surface area contributed by atoms with E-state index in [9.17, 15) is 4.79 Å². The molecule has 32 heavy (non-hydrogen) atoms. The maximum absolute atomic E-state index is 12.4. The molecule has 0 atom stereocenters. The maximum atomic E-state index is 12.4. The van der Waals surface area contributed by atoms with E-state index in [4.69, 9.17) is 14.2 Å². The third-order valence-electron chi connectivity index (χ3n) is 5.29. The molecule has 0 N–H and O–H groups in total. The van der Waals surface area contributed by atoms with Crippen molar-refractivity contribution in [1.82, 2.24) is 19.8 Å². The van der Waals surface area contributed by atoms with Crippen LogP contribution in [0.1, 0.15) is 11.1 Å². The highest BCUT2D eigenvalue weighted by atomic mass is 16.5. The van der Waals surface area contributed by atoms with Crippen molar-refractivity contribution >= 4 is 0 Å². The van der Waals surface area contributed by atoms with Gasteiger partial charge in [0.1, 0.15) is 23.9 Å². The van der Waals surface area contributed by atoms with Gasteiger partial charge in [0.15, 0.2) is 0 Å². The quantitative estimate of drug-likeness (QED) is 0.444. The molecule has 8 nitrogen and oxygen atoms in total. The molecule has 0 spiro atoms. The topological polar surface area (TPSA) is 80.4 Å². The van der Waals surface area contributed by atoms with Crippen LogP contribution in [0.5, 0.6) is 17.2 Å². The molecule has 3 aromatic carbocycles. The second kappa shape index (κ2) is 8.97. The second-order valence-corrected chi connectivity index (χ2v) is 7.22. The number of methoxy groups -OCH3 is 2. The van der Waals surface area contributed by atoms with Crippen molar-refractivity contribution in [3.05, 3.63) is 82.3 Å². The molecule has 0 unspecified atom stereocenters. The standard InChI is InChI=1S/C24H24N4O4/c1-16-8-7-10-21(28-24(29)27(2)25-26-28)20(16)15-32-17-12-13-23(31-4)19(14-17)18-9-5-6-11-22(18)30-3/h5-14H,15H2,1-4H3. The van der Waals surface area contributed by atoms with Crippen molar-refractivity contribution in [3.63, 3.8) is 0 Å². The first-order valence-electron chi connectivity index (χ1n) is 10.1. The summed E-state index contributed by atoms with van der Waals surface area (Å²) in [7, 11) is 4.83. The molecular formula is C24H24N4O4. The Morgan fingerprint density at radius 2 is 1.62 bits per heavy atom. The number of para-hydroxylation sites is 1. The fourth-order valence-corrected chi connectivity index (χ4v) is 3.55. The molecule has 0 aliphatic rings. The molecule has 0 bridgehead atoms. The van der Waals surface area contributed by atoms with Crippen molar-refractivity contribution in [2.24, 2.45) is 7.05 Å². The predicted octanol–water partition coefficient (Wildman–Crippen LogP) is 3.54. The number of tetrazole rings is 1. The van der Waals surface area contributed by atoms with Gasteiger partial charge in [0.25, 0.3) is 0 Å². The maximum Gasteiger partial charge on any atom is 0.368 e. The summed E-state index contributed by atoms with van der Waals surface area (Å²) in [6.45, 7) is 2.22. The summed E-state index contributed by atoms with van der Waals surface area (Å²) < 4.78 is 19.7. The Hall–Kier alpha value is -4.07. The molecule has 0 saturated carbocycles. The molecule has 1 heterocycles. The monoisotopic (exact) mass is 432 g/mol. The van der Waals surface area contributed by atoms with Crippen molar-refractivity contribution in [2.75, 3.05) is 14.2 Å². The Balaban J connectivity index is 1.69. The highest BCUT2D eigenvalue weighted by Crippen LogP contribution is 2.38. The van der Waals surface area contributed by atoms with Gasteiger partial charge >= 0.3 is 5.69 Å². The third kappa shape index (κ3) is 3.94. The average molecular weight is 432 g/mol. The van der Waals surface area contributed by atoms with Crippen molar-refractivity contribution in [3.8, 4) is 34.1 Å². The smallest absolute Gasteiger partial charge is 0.368 e. The zero-order chi connectivity index (χ0) is 22.7. The van der Waals surface area contributed by atoms with Gasteiger partial charge in [0.2, 0.25) is 0 Å². The minimum absolute atomic E-state index is 0.253. The molecule has 164 valence electrons. The number of ether oxygens (including phenoxy) is 3. The first kappa shape index (κ1) is 21.2. The van der Waals surface area contributed by atoms with Gasteiger partial charge in [0, 0.05) is 23.7 Å². The number of rotatable bonds is 7. The number of aromatic nitrogens is 4. The summed E-state index contributed by atoms with van der Waals surface area (Å²) in [5, 5.41) is 7.78. The zero-order valence-electron chi connectivity index (χ0n) is 18.4. The highest BCUT2D eigenvalue weighted by molar-refractivity contribution is 5.77. The Morgan fingerprint density at radius 1 is 0.875 bits per heavy atom. The minimum Gasteiger partial charge on any atom is -0.496 e. The van der Waals surface area contributed by atoms with Crippen molar-refractivity contribution < 1.29 is 14.2 Å². The van der Waals surface area contributed by atoms with E-state index in [1.54, 1.807) is 21.3 Å². The fraction of sp³-hybridized carbons (Fsp3) is 0.208. The molecule has 0 saturated heterocycles. The van der Waals surface area contributed by atoms with E-state index in [1.807, 2.05) is 67.6 Å². The average Bonchev–Trinajstić information content (AvgIpc) is 3.15. The summed E-state index contributed by atoms with van der Waals surface area (Å²) in [5.41, 5.74) is 3.92. The Bertz CT molecular complexity index is 1310. The highest BCUT2D eigenvalue weighted by Gasteiger charge is 2.15. The van der Waals surface area contributed by atoms with Crippen LogP contribution in [-0.2, 0) is 13.7 Å². The molecule has 0 aliphatic heterocycles. The lowest BCUT2D eigenvalue weighted by atomic mass is 10.0.